The van der Waals surface area contributed by atoms with Crippen LogP contribution in [0, 0.1) is 18.6 Å². The summed E-state index contributed by atoms with van der Waals surface area (Å²) >= 11 is 0. The van der Waals surface area contributed by atoms with Gasteiger partial charge < -0.3 is 10.1 Å². The van der Waals surface area contributed by atoms with Crippen LogP contribution in [-0.2, 0) is 11.3 Å². The Morgan fingerprint density at radius 3 is 2.82 bits per heavy atom. The topological polar surface area (TPSA) is 56.1 Å². The molecule has 5 nitrogen and oxygen atoms in total. The molecule has 7 heteroatoms. The predicted molar refractivity (Wildman–Crippen MR) is 78.1 cm³/mol. The van der Waals surface area contributed by atoms with E-state index in [1.807, 2.05) is 0 Å². The first kappa shape index (κ1) is 16.3. The van der Waals surface area contributed by atoms with Crippen molar-refractivity contribution in [1.82, 2.24) is 15.1 Å². The standard InChI is InChI=1S/C15H17F2N3O2/c1-10-7-15(21)13(9-18-5-6-22-2)19-20(10)14-8-11(16)3-4-12(14)17/h3-4,7-8,18H,5-6,9H2,1-2H3. The summed E-state index contributed by atoms with van der Waals surface area (Å²) in [7, 11) is 1.57. The van der Waals surface area contributed by atoms with Gasteiger partial charge in [-0.15, -0.1) is 0 Å². The first-order valence-electron chi connectivity index (χ1n) is 6.78. The van der Waals surface area contributed by atoms with E-state index < -0.39 is 11.6 Å². The Bertz CT molecular complexity index is 716. The second-order valence-electron chi connectivity index (χ2n) is 4.77. The zero-order valence-electron chi connectivity index (χ0n) is 12.4. The van der Waals surface area contributed by atoms with Gasteiger partial charge in [-0.25, -0.2) is 13.5 Å². The Hall–Kier alpha value is -2.12. The van der Waals surface area contributed by atoms with Crippen molar-refractivity contribution < 1.29 is 13.5 Å². The van der Waals surface area contributed by atoms with Crippen molar-refractivity contribution in [3.63, 3.8) is 0 Å². The molecule has 0 aliphatic rings. The summed E-state index contributed by atoms with van der Waals surface area (Å²) in [5.41, 5.74) is 0.367. The van der Waals surface area contributed by atoms with Crippen LogP contribution in [0.25, 0.3) is 5.69 Å². The van der Waals surface area contributed by atoms with E-state index in [9.17, 15) is 13.6 Å². The highest BCUT2D eigenvalue weighted by Crippen LogP contribution is 2.15. The van der Waals surface area contributed by atoms with Crippen LogP contribution in [-0.4, -0.2) is 30.0 Å². The molecule has 1 aromatic carbocycles. The second kappa shape index (κ2) is 7.24. The van der Waals surface area contributed by atoms with Gasteiger partial charge in [-0.1, -0.05) is 0 Å². The average Bonchev–Trinajstić information content (AvgIpc) is 2.48. The van der Waals surface area contributed by atoms with Crippen LogP contribution in [0.3, 0.4) is 0 Å². The van der Waals surface area contributed by atoms with E-state index in [-0.39, 0.29) is 23.4 Å². The number of hydrogen-bond acceptors (Lipinski definition) is 4. The number of benzene rings is 1. The molecule has 0 saturated carbocycles. The highest BCUT2D eigenvalue weighted by Gasteiger charge is 2.12. The van der Waals surface area contributed by atoms with Crippen molar-refractivity contribution in [2.45, 2.75) is 13.5 Å². The number of nitrogens with zero attached hydrogens (tertiary/aromatic N) is 2. The molecule has 0 fully saturated rings. The molecular weight excluding hydrogens is 292 g/mol. The van der Waals surface area contributed by atoms with Gasteiger partial charge in [-0.3, -0.25) is 4.79 Å². The molecule has 2 aromatic rings. The minimum atomic E-state index is -0.612. The summed E-state index contributed by atoms with van der Waals surface area (Å²) in [5.74, 6) is -1.19. The zero-order chi connectivity index (χ0) is 16.1. The maximum absolute atomic E-state index is 13.9. The fourth-order valence-electron chi connectivity index (χ4n) is 1.98. The van der Waals surface area contributed by atoms with Crippen molar-refractivity contribution in [2.24, 2.45) is 0 Å². The van der Waals surface area contributed by atoms with Gasteiger partial charge in [0.05, 0.1) is 6.61 Å². The fourth-order valence-corrected chi connectivity index (χ4v) is 1.98. The van der Waals surface area contributed by atoms with Crippen molar-refractivity contribution in [1.29, 1.82) is 0 Å². The van der Waals surface area contributed by atoms with E-state index in [4.69, 9.17) is 4.74 Å². The maximum atomic E-state index is 13.9. The monoisotopic (exact) mass is 309 g/mol. The number of aromatic nitrogens is 2. The molecule has 0 unspecified atom stereocenters. The van der Waals surface area contributed by atoms with Gasteiger partial charge >= 0.3 is 0 Å². The van der Waals surface area contributed by atoms with Crippen molar-refractivity contribution in [3.05, 3.63) is 57.5 Å². The summed E-state index contributed by atoms with van der Waals surface area (Å²) in [6, 6.07) is 4.46. The Labute approximate surface area is 126 Å². The van der Waals surface area contributed by atoms with Crippen LogP contribution in [0.5, 0.6) is 0 Å². The quantitative estimate of drug-likeness (QED) is 0.823. The zero-order valence-corrected chi connectivity index (χ0v) is 12.4. The van der Waals surface area contributed by atoms with Gasteiger partial charge in [0.1, 0.15) is 23.0 Å². The van der Waals surface area contributed by atoms with Gasteiger partial charge in [0.15, 0.2) is 0 Å². The highest BCUT2D eigenvalue weighted by molar-refractivity contribution is 5.34. The molecule has 118 valence electrons. The molecule has 1 aromatic heterocycles. The Morgan fingerprint density at radius 2 is 2.09 bits per heavy atom. The Balaban J connectivity index is 2.35. The molecule has 0 atom stereocenters. The minimum Gasteiger partial charge on any atom is -0.383 e. The number of rotatable bonds is 6. The molecule has 0 saturated heterocycles. The lowest BCUT2D eigenvalue weighted by atomic mass is 10.2. The third kappa shape index (κ3) is 3.75. The van der Waals surface area contributed by atoms with Gasteiger partial charge in [0.25, 0.3) is 0 Å². The van der Waals surface area contributed by atoms with Crippen molar-refractivity contribution >= 4 is 0 Å². The Kier molecular flexibility index (Phi) is 5.35. The van der Waals surface area contributed by atoms with E-state index in [0.717, 1.165) is 18.2 Å². The van der Waals surface area contributed by atoms with E-state index in [2.05, 4.69) is 10.4 Å². The number of aryl methyl sites for hydroxylation is 1. The lowest BCUT2D eigenvalue weighted by molar-refractivity contribution is 0.199. The predicted octanol–water partition coefficient (Wildman–Crippen LogP) is 1.56. The van der Waals surface area contributed by atoms with E-state index >= 15 is 0 Å². The molecule has 0 bridgehead atoms. The minimum absolute atomic E-state index is 0.0318. The molecular formula is C15H17F2N3O2. The summed E-state index contributed by atoms with van der Waals surface area (Å²) in [6.07, 6.45) is 0. The molecule has 0 aliphatic carbocycles. The molecule has 1 heterocycles. The van der Waals surface area contributed by atoms with Gasteiger partial charge in [0.2, 0.25) is 5.43 Å². The first-order chi connectivity index (χ1) is 10.5. The molecule has 0 radical (unpaired) electrons. The number of halogens is 2. The van der Waals surface area contributed by atoms with Crippen LogP contribution in [0.1, 0.15) is 11.4 Å². The van der Waals surface area contributed by atoms with Gasteiger partial charge in [-0.2, -0.15) is 5.10 Å². The molecule has 22 heavy (non-hydrogen) atoms. The van der Waals surface area contributed by atoms with Crippen LogP contribution in [0.4, 0.5) is 8.78 Å². The van der Waals surface area contributed by atoms with Gasteiger partial charge in [-0.05, 0) is 19.1 Å². The second-order valence-corrected chi connectivity index (χ2v) is 4.77. The highest BCUT2D eigenvalue weighted by atomic mass is 19.1. The fraction of sp³-hybridized carbons (Fsp3) is 0.333. The lowest BCUT2D eigenvalue weighted by Crippen LogP contribution is -2.26. The molecule has 0 spiro atoms. The van der Waals surface area contributed by atoms with E-state index in [1.54, 1.807) is 14.0 Å². The first-order valence-corrected chi connectivity index (χ1v) is 6.78. The number of methoxy groups -OCH3 is 1. The van der Waals surface area contributed by atoms with E-state index in [0.29, 0.717) is 18.8 Å². The lowest BCUT2D eigenvalue weighted by Gasteiger charge is -2.12. The van der Waals surface area contributed by atoms with Crippen molar-refractivity contribution in [2.75, 3.05) is 20.3 Å². The third-order valence-electron chi connectivity index (χ3n) is 3.09. The number of nitrogens with one attached hydrogen (secondary N) is 1. The summed E-state index contributed by atoms with van der Waals surface area (Å²) in [4.78, 5) is 11.9. The third-order valence-corrected chi connectivity index (χ3v) is 3.09. The molecule has 0 amide bonds. The molecule has 0 aliphatic heterocycles. The largest absolute Gasteiger partial charge is 0.383 e. The van der Waals surface area contributed by atoms with Gasteiger partial charge in [0, 0.05) is 38.0 Å². The van der Waals surface area contributed by atoms with E-state index in [1.165, 1.54) is 10.7 Å². The SMILES string of the molecule is COCCNCc1nn(-c2cc(F)ccc2F)c(C)cc1=O. The van der Waals surface area contributed by atoms with Crippen molar-refractivity contribution in [3.8, 4) is 5.69 Å². The summed E-state index contributed by atoms with van der Waals surface area (Å²) < 4.78 is 33.3. The smallest absolute Gasteiger partial charge is 0.204 e. The van der Waals surface area contributed by atoms with Crippen LogP contribution >= 0.6 is 0 Å². The van der Waals surface area contributed by atoms with Crippen LogP contribution in [0.15, 0.2) is 29.1 Å². The Morgan fingerprint density at radius 1 is 1.32 bits per heavy atom. The number of hydrogen-bond donors (Lipinski definition) is 1. The van der Waals surface area contributed by atoms with Crippen LogP contribution in [0.2, 0.25) is 0 Å². The molecule has 2 rings (SSSR count). The maximum Gasteiger partial charge on any atom is 0.204 e. The number of ether oxygens (including phenoxy) is 1. The average molecular weight is 309 g/mol. The summed E-state index contributed by atoms with van der Waals surface area (Å²) in [5, 5.41) is 7.13. The normalized spacial score (nSPS) is 10.9. The summed E-state index contributed by atoms with van der Waals surface area (Å²) in [6.45, 7) is 2.89. The molecule has 1 N–H and O–H groups in total. The van der Waals surface area contributed by atoms with Crippen LogP contribution < -0.4 is 10.7 Å².